The molecule has 1 aliphatic rings. The summed E-state index contributed by atoms with van der Waals surface area (Å²) in [7, 11) is -3.89. The summed E-state index contributed by atoms with van der Waals surface area (Å²) >= 11 is 12.1. The maximum absolute atomic E-state index is 12.3. The number of allylic oxidation sites excluding steroid dienone is 2. The minimum Gasteiger partial charge on any atom is -0.293 e. The first-order chi connectivity index (χ1) is 9.75. The SMILES string of the molecule is CC1=C(C)C(=NS(=O)(=O)c2ccccc2)[C@@H](Cl)[C@@H](Cl)C1=O. The Balaban J connectivity index is 2.57. The van der Waals surface area contributed by atoms with E-state index in [1.54, 1.807) is 32.0 Å². The van der Waals surface area contributed by atoms with Crippen molar-refractivity contribution in [1.29, 1.82) is 0 Å². The average molecular weight is 346 g/mol. The lowest BCUT2D eigenvalue weighted by Gasteiger charge is -2.25. The fourth-order valence-corrected chi connectivity index (χ4v) is 3.74. The van der Waals surface area contributed by atoms with Crippen molar-refractivity contribution in [2.45, 2.75) is 29.5 Å². The monoisotopic (exact) mass is 345 g/mol. The molecule has 1 aromatic rings. The van der Waals surface area contributed by atoms with Crippen LogP contribution in [0.15, 0.2) is 50.8 Å². The molecule has 0 bridgehead atoms. The van der Waals surface area contributed by atoms with Crippen molar-refractivity contribution < 1.29 is 13.2 Å². The zero-order valence-corrected chi connectivity index (χ0v) is 13.7. The van der Waals surface area contributed by atoms with E-state index in [0.717, 1.165) is 0 Å². The predicted octanol–water partition coefficient (Wildman–Crippen LogP) is 2.95. The van der Waals surface area contributed by atoms with E-state index < -0.39 is 20.8 Å². The Labute approximate surface area is 133 Å². The van der Waals surface area contributed by atoms with Crippen LogP contribution in [0.4, 0.5) is 0 Å². The van der Waals surface area contributed by atoms with Crippen LogP contribution in [-0.4, -0.2) is 30.7 Å². The molecule has 1 aliphatic carbocycles. The van der Waals surface area contributed by atoms with E-state index >= 15 is 0 Å². The highest BCUT2D eigenvalue weighted by Crippen LogP contribution is 2.29. The van der Waals surface area contributed by atoms with Crippen molar-refractivity contribution in [1.82, 2.24) is 0 Å². The zero-order valence-electron chi connectivity index (χ0n) is 11.4. The van der Waals surface area contributed by atoms with Crippen LogP contribution < -0.4 is 0 Å². The first kappa shape index (κ1) is 16.2. The van der Waals surface area contributed by atoms with Crippen molar-refractivity contribution in [3.63, 3.8) is 0 Å². The first-order valence-electron chi connectivity index (χ1n) is 6.16. The van der Waals surface area contributed by atoms with E-state index in [9.17, 15) is 13.2 Å². The third-order valence-electron chi connectivity index (χ3n) is 3.34. The second kappa shape index (κ2) is 5.91. The number of sulfonamides is 1. The highest BCUT2D eigenvalue weighted by molar-refractivity contribution is 7.90. The number of hydrogen-bond acceptors (Lipinski definition) is 3. The summed E-state index contributed by atoms with van der Waals surface area (Å²) in [5, 5.41) is -1.98. The summed E-state index contributed by atoms with van der Waals surface area (Å²) < 4.78 is 28.4. The topological polar surface area (TPSA) is 63.6 Å². The molecule has 1 aromatic carbocycles. The zero-order chi connectivity index (χ0) is 15.8. The minimum absolute atomic E-state index is 0.0647. The van der Waals surface area contributed by atoms with Crippen molar-refractivity contribution in [2.75, 3.05) is 0 Å². The molecular weight excluding hydrogens is 333 g/mol. The minimum atomic E-state index is -3.89. The first-order valence-corrected chi connectivity index (χ1v) is 8.47. The van der Waals surface area contributed by atoms with E-state index in [0.29, 0.717) is 11.1 Å². The number of benzene rings is 1. The van der Waals surface area contributed by atoms with Crippen molar-refractivity contribution in [2.24, 2.45) is 4.40 Å². The van der Waals surface area contributed by atoms with Crippen LogP contribution >= 0.6 is 23.2 Å². The molecule has 0 unspecified atom stereocenters. The van der Waals surface area contributed by atoms with Gasteiger partial charge in [0, 0.05) is 0 Å². The van der Waals surface area contributed by atoms with Gasteiger partial charge in [0.05, 0.1) is 10.6 Å². The van der Waals surface area contributed by atoms with Gasteiger partial charge in [-0.3, -0.25) is 4.79 Å². The maximum atomic E-state index is 12.3. The highest BCUT2D eigenvalue weighted by atomic mass is 35.5. The van der Waals surface area contributed by atoms with Gasteiger partial charge in [-0.2, -0.15) is 12.8 Å². The van der Waals surface area contributed by atoms with Gasteiger partial charge >= 0.3 is 0 Å². The van der Waals surface area contributed by atoms with Crippen LogP contribution in [0.3, 0.4) is 0 Å². The van der Waals surface area contributed by atoms with Crippen molar-refractivity contribution in [3.8, 4) is 0 Å². The molecular formula is C14H13Cl2NO3S. The second-order valence-electron chi connectivity index (χ2n) is 4.68. The lowest BCUT2D eigenvalue weighted by molar-refractivity contribution is -0.115. The van der Waals surface area contributed by atoms with E-state index in [4.69, 9.17) is 23.2 Å². The normalized spacial score (nSPS) is 25.5. The highest BCUT2D eigenvalue weighted by Gasteiger charge is 2.37. The molecule has 0 aromatic heterocycles. The van der Waals surface area contributed by atoms with Crippen LogP contribution in [0.2, 0.25) is 0 Å². The van der Waals surface area contributed by atoms with Gasteiger partial charge in [-0.1, -0.05) is 18.2 Å². The second-order valence-corrected chi connectivity index (χ2v) is 7.23. The Morgan fingerprint density at radius 3 is 2.14 bits per heavy atom. The lowest BCUT2D eigenvalue weighted by Crippen LogP contribution is -2.39. The smallest absolute Gasteiger partial charge is 0.282 e. The molecule has 0 radical (unpaired) electrons. The van der Waals surface area contributed by atoms with Crippen LogP contribution in [0, 0.1) is 0 Å². The molecule has 4 nitrogen and oxygen atoms in total. The van der Waals surface area contributed by atoms with Crippen LogP contribution in [-0.2, 0) is 14.8 Å². The summed E-state index contributed by atoms with van der Waals surface area (Å²) in [6, 6.07) is 7.81. The van der Waals surface area contributed by atoms with E-state index in [2.05, 4.69) is 4.40 Å². The molecule has 0 saturated heterocycles. The number of halogens is 2. The predicted molar refractivity (Wildman–Crippen MR) is 83.7 cm³/mol. The van der Waals surface area contributed by atoms with Crippen LogP contribution in [0.25, 0.3) is 0 Å². The molecule has 21 heavy (non-hydrogen) atoms. The van der Waals surface area contributed by atoms with Gasteiger partial charge in [0.1, 0.15) is 10.8 Å². The standard InChI is InChI=1S/C14H13Cl2NO3S/c1-8-9(2)14(18)12(16)11(15)13(8)17-21(19,20)10-6-4-3-5-7-10/h3-7,11-12H,1-2H3/t11-,12+/m0/s1. The van der Waals surface area contributed by atoms with Gasteiger partial charge in [-0.05, 0) is 37.1 Å². The van der Waals surface area contributed by atoms with Crippen molar-refractivity contribution in [3.05, 3.63) is 41.5 Å². The number of ketones is 1. The Morgan fingerprint density at radius 2 is 1.57 bits per heavy atom. The third-order valence-corrected chi connectivity index (χ3v) is 5.69. The molecule has 2 rings (SSSR count). The van der Waals surface area contributed by atoms with Gasteiger partial charge in [0.15, 0.2) is 5.78 Å². The fraction of sp³-hybridized carbons (Fsp3) is 0.286. The molecule has 2 atom stereocenters. The number of rotatable bonds is 2. The summed E-state index contributed by atoms with van der Waals surface area (Å²) in [6.45, 7) is 3.20. The Morgan fingerprint density at radius 1 is 1.00 bits per heavy atom. The molecule has 0 N–H and O–H groups in total. The van der Waals surface area contributed by atoms with Gasteiger partial charge in [-0.25, -0.2) is 0 Å². The van der Waals surface area contributed by atoms with E-state index in [1.165, 1.54) is 12.1 Å². The number of carbonyl (C=O) groups is 1. The molecule has 112 valence electrons. The van der Waals surface area contributed by atoms with Gasteiger partial charge < -0.3 is 0 Å². The Bertz CT molecular complexity index is 739. The quantitative estimate of drug-likeness (QED) is 0.774. The number of carbonyl (C=O) groups excluding carboxylic acids is 1. The molecule has 7 heteroatoms. The summed E-state index contributed by atoms with van der Waals surface area (Å²) in [6.07, 6.45) is 0. The molecule has 0 heterocycles. The van der Waals surface area contributed by atoms with Crippen molar-refractivity contribution >= 4 is 44.7 Å². The number of alkyl halides is 2. The van der Waals surface area contributed by atoms with Crippen LogP contribution in [0.5, 0.6) is 0 Å². The molecule has 0 spiro atoms. The maximum Gasteiger partial charge on any atom is 0.282 e. The molecule has 0 aliphatic heterocycles. The molecule has 0 fully saturated rings. The average Bonchev–Trinajstić information content (AvgIpc) is 2.48. The Hall–Kier alpha value is -1.17. The molecule has 0 amide bonds. The van der Waals surface area contributed by atoms with Gasteiger partial charge in [0.25, 0.3) is 10.0 Å². The Kier molecular flexibility index (Phi) is 4.56. The number of Topliss-reactive ketones (excluding diaryl/α,β-unsaturated/α-hetero) is 1. The van der Waals surface area contributed by atoms with Gasteiger partial charge in [0.2, 0.25) is 0 Å². The van der Waals surface area contributed by atoms with E-state index in [1.807, 2.05) is 0 Å². The number of nitrogens with zero attached hydrogens (tertiary/aromatic N) is 1. The third kappa shape index (κ3) is 3.05. The van der Waals surface area contributed by atoms with Crippen LogP contribution in [0.1, 0.15) is 13.8 Å². The summed E-state index contributed by atoms with van der Waals surface area (Å²) in [4.78, 5) is 11.9. The lowest BCUT2D eigenvalue weighted by atomic mass is 9.90. The van der Waals surface area contributed by atoms with Gasteiger partial charge in [-0.15, -0.1) is 23.2 Å². The number of hydrogen-bond donors (Lipinski definition) is 0. The van der Waals surface area contributed by atoms with E-state index in [-0.39, 0.29) is 16.4 Å². The largest absolute Gasteiger partial charge is 0.293 e. The fourth-order valence-electron chi connectivity index (χ4n) is 1.96. The summed E-state index contributed by atoms with van der Waals surface area (Å²) in [5.74, 6) is -0.301. The molecule has 0 saturated carbocycles. The summed E-state index contributed by atoms with van der Waals surface area (Å²) in [5.41, 5.74) is 0.961.